The minimum Gasteiger partial charge on any atom is -0.455 e. The van der Waals surface area contributed by atoms with Gasteiger partial charge in [-0.3, -0.25) is 10.1 Å². The quantitative estimate of drug-likeness (QED) is 0.248. The molecule has 31 heavy (non-hydrogen) atoms. The zero-order chi connectivity index (χ0) is 21.5. The summed E-state index contributed by atoms with van der Waals surface area (Å²) < 4.78 is 8.66. The number of nitro benzene ring substituents is 1. The molecule has 11 heteroatoms. The molecular formula is C20H11BrClN5O3S. The van der Waals surface area contributed by atoms with Gasteiger partial charge in [0.15, 0.2) is 11.6 Å². The number of thioether (sulfide) groups is 1. The van der Waals surface area contributed by atoms with Crippen LogP contribution in [-0.2, 0) is 0 Å². The lowest BCUT2D eigenvalue weighted by molar-refractivity contribution is -0.384. The lowest BCUT2D eigenvalue weighted by Crippen LogP contribution is -2.13. The summed E-state index contributed by atoms with van der Waals surface area (Å²) in [5.74, 6) is 2.29. The maximum absolute atomic E-state index is 10.9. The van der Waals surface area contributed by atoms with Gasteiger partial charge >= 0.3 is 0 Å². The maximum atomic E-state index is 10.9. The maximum Gasteiger partial charge on any atom is 0.270 e. The van der Waals surface area contributed by atoms with Crippen molar-refractivity contribution in [1.29, 1.82) is 0 Å². The van der Waals surface area contributed by atoms with Crippen LogP contribution in [0, 0.1) is 10.1 Å². The van der Waals surface area contributed by atoms with Crippen molar-refractivity contribution in [2.24, 2.45) is 5.10 Å². The first-order chi connectivity index (χ1) is 15.0. The van der Waals surface area contributed by atoms with Gasteiger partial charge in [-0.15, -0.1) is 10.2 Å². The average Bonchev–Trinajstić information content (AvgIpc) is 3.41. The van der Waals surface area contributed by atoms with Crippen LogP contribution in [0.3, 0.4) is 0 Å². The lowest BCUT2D eigenvalue weighted by Gasteiger charge is -2.12. The number of rotatable bonds is 4. The Hall–Kier alpha value is -2.95. The highest BCUT2D eigenvalue weighted by Crippen LogP contribution is 2.34. The van der Waals surface area contributed by atoms with E-state index in [-0.39, 0.29) is 10.7 Å². The summed E-state index contributed by atoms with van der Waals surface area (Å²) >= 11 is 11.2. The van der Waals surface area contributed by atoms with E-state index in [1.807, 2.05) is 24.3 Å². The Morgan fingerprint density at radius 1 is 1.10 bits per heavy atom. The summed E-state index contributed by atoms with van der Waals surface area (Å²) in [6.45, 7) is 0. The van der Waals surface area contributed by atoms with Crippen LogP contribution in [0.5, 0.6) is 0 Å². The van der Waals surface area contributed by atoms with Crippen molar-refractivity contribution in [3.8, 4) is 22.7 Å². The molecule has 154 valence electrons. The molecule has 0 saturated carbocycles. The molecule has 0 fully saturated rings. The summed E-state index contributed by atoms with van der Waals surface area (Å²) in [6.07, 6.45) is 0. The molecule has 0 radical (unpaired) electrons. The van der Waals surface area contributed by atoms with Crippen LogP contribution < -0.4 is 0 Å². The Kier molecular flexibility index (Phi) is 5.12. The Balaban J connectivity index is 1.49. The van der Waals surface area contributed by atoms with Crippen LogP contribution >= 0.6 is 39.3 Å². The van der Waals surface area contributed by atoms with E-state index < -0.39 is 4.92 Å². The van der Waals surface area contributed by atoms with Crippen LogP contribution in [0.1, 0.15) is 5.76 Å². The average molecular weight is 517 g/mol. The molecule has 0 unspecified atom stereocenters. The molecule has 3 heterocycles. The van der Waals surface area contributed by atoms with Crippen LogP contribution in [0.4, 0.5) is 5.69 Å². The SMILES string of the molecule is O=[N+]([O-])c1ccc(-c2ccc(C3=Nn4c(nnc4-c4ccc(Br)cc4)SC3)o2)c(Cl)c1. The number of nitro groups is 1. The molecular weight excluding hydrogens is 506 g/mol. The first-order valence-corrected chi connectivity index (χ1v) is 11.1. The van der Waals surface area contributed by atoms with Crippen molar-refractivity contribution in [3.05, 3.63) is 80.0 Å². The second-order valence-corrected chi connectivity index (χ2v) is 8.81. The number of halogens is 2. The number of furan rings is 1. The number of non-ortho nitro benzene ring substituents is 1. The third-order valence-corrected chi connectivity index (χ3v) is 6.36. The minimum atomic E-state index is -0.489. The second kappa shape index (κ2) is 7.95. The van der Waals surface area contributed by atoms with Crippen molar-refractivity contribution in [2.75, 3.05) is 5.75 Å². The van der Waals surface area contributed by atoms with E-state index in [0.29, 0.717) is 33.8 Å². The smallest absolute Gasteiger partial charge is 0.270 e. The first-order valence-electron chi connectivity index (χ1n) is 8.96. The van der Waals surface area contributed by atoms with E-state index in [2.05, 4.69) is 26.1 Å². The molecule has 0 aliphatic carbocycles. The van der Waals surface area contributed by atoms with E-state index in [4.69, 9.17) is 21.1 Å². The third kappa shape index (κ3) is 3.78. The van der Waals surface area contributed by atoms with Crippen molar-refractivity contribution >= 4 is 50.7 Å². The molecule has 2 aromatic carbocycles. The van der Waals surface area contributed by atoms with E-state index in [1.165, 1.54) is 23.9 Å². The Morgan fingerprint density at radius 2 is 1.87 bits per heavy atom. The van der Waals surface area contributed by atoms with Gasteiger partial charge in [-0.25, -0.2) is 0 Å². The molecule has 5 rings (SSSR count). The first kappa shape index (κ1) is 20.0. The van der Waals surface area contributed by atoms with E-state index in [1.54, 1.807) is 22.9 Å². The fraction of sp³-hybridized carbons (Fsp3) is 0.0500. The molecule has 0 saturated heterocycles. The van der Waals surface area contributed by atoms with Crippen molar-refractivity contribution in [1.82, 2.24) is 14.9 Å². The largest absolute Gasteiger partial charge is 0.455 e. The molecule has 4 aromatic rings. The highest BCUT2D eigenvalue weighted by Gasteiger charge is 2.23. The predicted molar refractivity (Wildman–Crippen MR) is 122 cm³/mol. The van der Waals surface area contributed by atoms with Gasteiger partial charge in [-0.05, 0) is 30.3 Å². The van der Waals surface area contributed by atoms with Gasteiger partial charge < -0.3 is 4.42 Å². The molecule has 1 aliphatic heterocycles. The van der Waals surface area contributed by atoms with Gasteiger partial charge in [-0.1, -0.05) is 51.4 Å². The predicted octanol–water partition coefficient (Wildman–Crippen LogP) is 5.89. The number of aromatic nitrogens is 3. The number of nitrogens with zero attached hydrogens (tertiary/aromatic N) is 5. The van der Waals surface area contributed by atoms with Crippen molar-refractivity contribution < 1.29 is 9.34 Å². The molecule has 0 atom stereocenters. The summed E-state index contributed by atoms with van der Waals surface area (Å²) in [5, 5.41) is 25.1. The molecule has 1 aliphatic rings. The molecule has 0 spiro atoms. The van der Waals surface area contributed by atoms with Crippen molar-refractivity contribution in [3.63, 3.8) is 0 Å². The van der Waals surface area contributed by atoms with Crippen LogP contribution in [0.15, 0.2) is 73.7 Å². The van der Waals surface area contributed by atoms with Gasteiger partial charge in [0.2, 0.25) is 5.16 Å². The zero-order valence-corrected chi connectivity index (χ0v) is 18.7. The van der Waals surface area contributed by atoms with E-state index in [0.717, 1.165) is 15.7 Å². The van der Waals surface area contributed by atoms with Crippen LogP contribution in [0.2, 0.25) is 5.02 Å². The third-order valence-electron chi connectivity index (χ3n) is 4.59. The van der Waals surface area contributed by atoms with Crippen molar-refractivity contribution in [2.45, 2.75) is 5.16 Å². The van der Waals surface area contributed by atoms with Gasteiger partial charge in [0.25, 0.3) is 5.69 Å². The van der Waals surface area contributed by atoms with Gasteiger partial charge in [-0.2, -0.15) is 9.78 Å². The van der Waals surface area contributed by atoms with Crippen LogP contribution in [0.25, 0.3) is 22.7 Å². The monoisotopic (exact) mass is 515 g/mol. The lowest BCUT2D eigenvalue weighted by atomic mass is 10.1. The number of hydrogen-bond donors (Lipinski definition) is 0. The second-order valence-electron chi connectivity index (χ2n) is 6.55. The van der Waals surface area contributed by atoms with Crippen LogP contribution in [-0.4, -0.2) is 31.3 Å². The Labute approximate surface area is 193 Å². The van der Waals surface area contributed by atoms with E-state index >= 15 is 0 Å². The molecule has 2 aromatic heterocycles. The summed E-state index contributed by atoms with van der Waals surface area (Å²) in [4.78, 5) is 10.4. The molecule has 8 nitrogen and oxygen atoms in total. The summed E-state index contributed by atoms with van der Waals surface area (Å²) in [6, 6.07) is 15.6. The van der Waals surface area contributed by atoms with Gasteiger partial charge in [0.1, 0.15) is 11.5 Å². The Morgan fingerprint density at radius 3 is 2.61 bits per heavy atom. The fourth-order valence-electron chi connectivity index (χ4n) is 3.08. The molecule has 0 bridgehead atoms. The standard InChI is InChI=1S/C20H11BrClN5O3S/c21-12-3-1-11(2-4-12)19-23-24-20-26(19)25-16(10-31-20)18-8-7-17(30-18)14-6-5-13(27(28)29)9-15(14)22/h1-9H,10H2. The molecule has 0 amide bonds. The zero-order valence-electron chi connectivity index (χ0n) is 15.5. The minimum absolute atomic E-state index is 0.0748. The van der Waals surface area contributed by atoms with Gasteiger partial charge in [0, 0.05) is 33.5 Å². The molecule has 0 N–H and O–H groups in total. The normalized spacial score (nSPS) is 13.0. The number of fused-ring (bicyclic) bond motifs is 1. The highest BCUT2D eigenvalue weighted by molar-refractivity contribution is 9.10. The van der Waals surface area contributed by atoms with Gasteiger partial charge in [0.05, 0.1) is 9.95 Å². The Bertz CT molecular complexity index is 1350. The summed E-state index contributed by atoms with van der Waals surface area (Å²) in [7, 11) is 0. The topological polar surface area (TPSA) is 99.3 Å². The summed E-state index contributed by atoms with van der Waals surface area (Å²) in [5.41, 5.74) is 2.11. The number of hydrogen-bond acceptors (Lipinski definition) is 7. The number of benzene rings is 2. The highest BCUT2D eigenvalue weighted by atomic mass is 79.9. The van der Waals surface area contributed by atoms with E-state index in [9.17, 15) is 10.1 Å². The fourth-order valence-corrected chi connectivity index (χ4v) is 4.43.